The standard InChI is InChI=1S/C12H13N3O2S/c1-15-8-10(7-13-15)14-12(16)9-3-5-11(6-4-9)18(2)17/h3-8H,1-2H3,(H,14,16). The van der Waals surface area contributed by atoms with Crippen LogP contribution in [0.15, 0.2) is 41.6 Å². The van der Waals surface area contributed by atoms with Crippen LogP contribution in [0.5, 0.6) is 0 Å². The first-order chi connectivity index (χ1) is 8.56. The van der Waals surface area contributed by atoms with Gasteiger partial charge in [0.05, 0.1) is 11.9 Å². The molecule has 5 nitrogen and oxygen atoms in total. The van der Waals surface area contributed by atoms with Gasteiger partial charge in [-0.05, 0) is 24.3 Å². The lowest BCUT2D eigenvalue weighted by molar-refractivity contribution is 0.102. The fourth-order valence-electron chi connectivity index (χ4n) is 1.49. The van der Waals surface area contributed by atoms with Crippen LogP contribution >= 0.6 is 0 Å². The van der Waals surface area contributed by atoms with E-state index in [1.807, 2.05) is 0 Å². The minimum Gasteiger partial charge on any atom is -0.319 e. The molecule has 1 amide bonds. The van der Waals surface area contributed by atoms with Gasteiger partial charge in [-0.25, -0.2) is 0 Å². The van der Waals surface area contributed by atoms with Crippen LogP contribution in [-0.2, 0) is 17.8 Å². The number of aromatic nitrogens is 2. The van der Waals surface area contributed by atoms with Gasteiger partial charge in [0, 0.05) is 40.8 Å². The number of amides is 1. The van der Waals surface area contributed by atoms with Crippen molar-refractivity contribution >= 4 is 22.4 Å². The van der Waals surface area contributed by atoms with E-state index in [9.17, 15) is 9.00 Å². The second kappa shape index (κ2) is 5.14. The average molecular weight is 263 g/mol. The lowest BCUT2D eigenvalue weighted by atomic mass is 10.2. The summed E-state index contributed by atoms with van der Waals surface area (Å²) in [6, 6.07) is 6.69. The van der Waals surface area contributed by atoms with Crippen molar-refractivity contribution in [2.45, 2.75) is 4.90 Å². The summed E-state index contributed by atoms with van der Waals surface area (Å²) in [4.78, 5) is 12.6. The van der Waals surface area contributed by atoms with Crippen molar-refractivity contribution in [1.29, 1.82) is 0 Å². The van der Waals surface area contributed by atoms with Gasteiger partial charge in [-0.3, -0.25) is 13.7 Å². The molecule has 18 heavy (non-hydrogen) atoms. The smallest absolute Gasteiger partial charge is 0.255 e. The number of hydrogen-bond donors (Lipinski definition) is 1. The summed E-state index contributed by atoms with van der Waals surface area (Å²) in [7, 11) is 0.749. The van der Waals surface area contributed by atoms with E-state index in [1.54, 1.807) is 54.6 Å². The van der Waals surface area contributed by atoms with Crippen LogP contribution in [0.25, 0.3) is 0 Å². The maximum absolute atomic E-state index is 11.9. The number of benzene rings is 1. The van der Waals surface area contributed by atoms with Gasteiger partial charge in [-0.15, -0.1) is 0 Å². The molecule has 0 fully saturated rings. The van der Waals surface area contributed by atoms with Gasteiger partial charge in [-0.1, -0.05) is 0 Å². The van der Waals surface area contributed by atoms with E-state index in [0.717, 1.165) is 0 Å². The number of hydrogen-bond acceptors (Lipinski definition) is 3. The Kier molecular flexibility index (Phi) is 3.57. The zero-order valence-electron chi connectivity index (χ0n) is 10.1. The number of carbonyl (C=O) groups is 1. The number of nitrogens with zero attached hydrogens (tertiary/aromatic N) is 2. The van der Waals surface area contributed by atoms with Crippen LogP contribution in [0.3, 0.4) is 0 Å². The quantitative estimate of drug-likeness (QED) is 0.910. The second-order valence-electron chi connectivity index (χ2n) is 3.84. The molecule has 1 heterocycles. The Bertz CT molecular complexity index is 590. The molecule has 2 aromatic rings. The van der Waals surface area contributed by atoms with Crippen molar-refractivity contribution in [3.63, 3.8) is 0 Å². The fraction of sp³-hybridized carbons (Fsp3) is 0.167. The Balaban J connectivity index is 2.11. The van der Waals surface area contributed by atoms with E-state index in [4.69, 9.17) is 0 Å². The lowest BCUT2D eigenvalue weighted by Crippen LogP contribution is -2.11. The second-order valence-corrected chi connectivity index (χ2v) is 5.21. The van der Waals surface area contributed by atoms with Gasteiger partial charge in [0.2, 0.25) is 0 Å². The average Bonchev–Trinajstić information content (AvgIpc) is 2.75. The molecule has 6 heteroatoms. The molecule has 1 aromatic carbocycles. The third kappa shape index (κ3) is 2.84. The Labute approximate surface area is 107 Å². The summed E-state index contributed by atoms with van der Waals surface area (Å²) >= 11 is 0. The van der Waals surface area contributed by atoms with Crippen molar-refractivity contribution < 1.29 is 9.00 Å². The monoisotopic (exact) mass is 263 g/mol. The van der Waals surface area contributed by atoms with E-state index in [0.29, 0.717) is 16.1 Å². The Hall–Kier alpha value is -1.95. The third-order valence-electron chi connectivity index (χ3n) is 2.41. The molecular weight excluding hydrogens is 250 g/mol. The summed E-state index contributed by atoms with van der Waals surface area (Å²) in [5, 5.41) is 6.69. The van der Waals surface area contributed by atoms with Crippen LogP contribution < -0.4 is 5.32 Å². The number of carbonyl (C=O) groups excluding carboxylic acids is 1. The molecule has 1 atom stereocenters. The minimum atomic E-state index is -1.03. The van der Waals surface area contributed by atoms with Gasteiger partial charge in [0.25, 0.3) is 5.91 Å². The predicted octanol–water partition coefficient (Wildman–Crippen LogP) is 1.41. The normalized spacial score (nSPS) is 12.1. The molecule has 94 valence electrons. The summed E-state index contributed by atoms with van der Waals surface area (Å²) < 4.78 is 12.8. The Morgan fingerprint density at radius 1 is 1.33 bits per heavy atom. The highest BCUT2D eigenvalue weighted by molar-refractivity contribution is 7.84. The predicted molar refractivity (Wildman–Crippen MR) is 69.9 cm³/mol. The molecule has 0 aliphatic carbocycles. The van der Waals surface area contributed by atoms with Crippen LogP contribution in [0.1, 0.15) is 10.4 Å². The van der Waals surface area contributed by atoms with Crippen LogP contribution in [0, 0.1) is 0 Å². The zero-order chi connectivity index (χ0) is 13.1. The molecule has 0 saturated carbocycles. The highest BCUT2D eigenvalue weighted by Gasteiger charge is 2.07. The molecule has 2 rings (SSSR count). The van der Waals surface area contributed by atoms with Crippen LogP contribution in [-0.4, -0.2) is 26.2 Å². The highest BCUT2D eigenvalue weighted by atomic mass is 32.2. The first-order valence-electron chi connectivity index (χ1n) is 5.30. The third-order valence-corrected chi connectivity index (χ3v) is 3.35. The van der Waals surface area contributed by atoms with Crippen molar-refractivity contribution in [1.82, 2.24) is 9.78 Å². The SMILES string of the molecule is Cn1cc(NC(=O)c2ccc(S(C)=O)cc2)cn1. The first kappa shape index (κ1) is 12.5. The molecule has 1 N–H and O–H groups in total. The summed E-state index contributed by atoms with van der Waals surface area (Å²) in [5.41, 5.74) is 1.17. The Morgan fingerprint density at radius 3 is 2.50 bits per heavy atom. The molecular formula is C12H13N3O2S. The van der Waals surface area contributed by atoms with Gasteiger partial charge in [-0.2, -0.15) is 5.10 Å². The maximum atomic E-state index is 11.9. The summed E-state index contributed by atoms with van der Waals surface area (Å²) in [6.45, 7) is 0. The van der Waals surface area contributed by atoms with E-state index < -0.39 is 10.8 Å². The highest BCUT2D eigenvalue weighted by Crippen LogP contribution is 2.10. The van der Waals surface area contributed by atoms with Crippen LogP contribution in [0.2, 0.25) is 0 Å². The molecule has 0 bridgehead atoms. The molecule has 0 spiro atoms. The summed E-state index contributed by atoms with van der Waals surface area (Å²) in [6.07, 6.45) is 4.89. The summed E-state index contributed by atoms with van der Waals surface area (Å²) in [5.74, 6) is -0.212. The van der Waals surface area contributed by atoms with Crippen molar-refractivity contribution in [3.8, 4) is 0 Å². The van der Waals surface area contributed by atoms with Gasteiger partial charge >= 0.3 is 0 Å². The molecule has 0 radical (unpaired) electrons. The largest absolute Gasteiger partial charge is 0.319 e. The van der Waals surface area contributed by atoms with Crippen molar-refractivity contribution in [3.05, 3.63) is 42.2 Å². The fourth-order valence-corrected chi connectivity index (χ4v) is 2.01. The molecule has 0 aliphatic rings. The molecule has 1 aromatic heterocycles. The minimum absolute atomic E-state index is 0.212. The topological polar surface area (TPSA) is 64.0 Å². The number of nitrogens with one attached hydrogen (secondary N) is 1. The van der Waals surface area contributed by atoms with Gasteiger partial charge in [0.15, 0.2) is 0 Å². The number of aryl methyl sites for hydroxylation is 1. The van der Waals surface area contributed by atoms with E-state index in [1.165, 1.54) is 0 Å². The van der Waals surface area contributed by atoms with E-state index >= 15 is 0 Å². The van der Waals surface area contributed by atoms with Gasteiger partial charge < -0.3 is 5.32 Å². The van der Waals surface area contributed by atoms with Crippen molar-refractivity contribution in [2.24, 2.45) is 7.05 Å². The van der Waals surface area contributed by atoms with Gasteiger partial charge in [0.1, 0.15) is 0 Å². The lowest BCUT2D eigenvalue weighted by Gasteiger charge is -2.03. The zero-order valence-corrected chi connectivity index (χ0v) is 10.9. The number of anilines is 1. The number of rotatable bonds is 3. The molecule has 1 unspecified atom stereocenters. The maximum Gasteiger partial charge on any atom is 0.255 e. The molecule has 0 saturated heterocycles. The van der Waals surface area contributed by atoms with E-state index in [-0.39, 0.29) is 5.91 Å². The van der Waals surface area contributed by atoms with E-state index in [2.05, 4.69) is 10.4 Å². The molecule has 0 aliphatic heterocycles. The van der Waals surface area contributed by atoms with Crippen LogP contribution in [0.4, 0.5) is 5.69 Å². The Morgan fingerprint density at radius 2 is 2.00 bits per heavy atom. The van der Waals surface area contributed by atoms with Crippen molar-refractivity contribution in [2.75, 3.05) is 11.6 Å². The first-order valence-corrected chi connectivity index (χ1v) is 6.85.